The average Bonchev–Trinajstić information content (AvgIpc) is 3.30. The first-order valence-corrected chi connectivity index (χ1v) is 7.68. The molecule has 1 unspecified atom stereocenters. The zero-order chi connectivity index (χ0) is 16.2. The molecule has 6 nitrogen and oxygen atoms in total. The van der Waals surface area contributed by atoms with Crippen molar-refractivity contribution in [2.75, 3.05) is 29.1 Å². The zero-order valence-corrected chi connectivity index (χ0v) is 13.0. The summed E-state index contributed by atoms with van der Waals surface area (Å²) in [5, 5.41) is 2.55. The molecule has 6 heteroatoms. The van der Waals surface area contributed by atoms with Gasteiger partial charge in [-0.25, -0.2) is 9.78 Å². The summed E-state index contributed by atoms with van der Waals surface area (Å²) >= 11 is 0. The van der Waals surface area contributed by atoms with Gasteiger partial charge in [0.2, 0.25) is 0 Å². The number of nitrogens with two attached hydrogens (primary N) is 1. The van der Waals surface area contributed by atoms with Gasteiger partial charge < -0.3 is 15.4 Å². The number of nitrogens with one attached hydrogen (secondary N) is 1. The maximum absolute atomic E-state index is 11.4. The number of nitrogens with zero attached hydrogens (tertiary/aromatic N) is 2. The van der Waals surface area contributed by atoms with Crippen LogP contribution in [0.4, 0.5) is 22.1 Å². The summed E-state index contributed by atoms with van der Waals surface area (Å²) in [6.45, 7) is 3.08. The van der Waals surface area contributed by atoms with Crippen LogP contribution in [0.2, 0.25) is 0 Å². The van der Waals surface area contributed by atoms with Gasteiger partial charge >= 0.3 is 6.09 Å². The Labute approximate surface area is 135 Å². The molecule has 0 radical (unpaired) electrons. The highest BCUT2D eigenvalue weighted by molar-refractivity contribution is 5.83. The molecule has 3 rings (SSSR count). The van der Waals surface area contributed by atoms with Crippen molar-refractivity contribution >= 4 is 23.4 Å². The van der Waals surface area contributed by atoms with E-state index in [1.807, 2.05) is 24.3 Å². The molecule has 2 heterocycles. The lowest BCUT2D eigenvalue weighted by molar-refractivity contribution is 0.168. The summed E-state index contributed by atoms with van der Waals surface area (Å²) in [5.41, 5.74) is 8.22. The molecule has 23 heavy (non-hydrogen) atoms. The number of carbonyl (C=O) groups excluding carboxylic acids is 1. The standard InChI is InChI=1S/C17H20N4O2/c1-2-23-17(22)20-15-9-8-12(16(18)19-15)10-14-11-21(14)13-6-4-3-5-7-13/h3-9,14H,2,10-11H2,1H3,(H3,18,19,20,22). The van der Waals surface area contributed by atoms with Gasteiger partial charge in [0.1, 0.15) is 11.6 Å². The molecule has 1 aliphatic rings. The first kappa shape index (κ1) is 15.1. The summed E-state index contributed by atoms with van der Waals surface area (Å²) in [4.78, 5) is 17.9. The van der Waals surface area contributed by atoms with Crippen molar-refractivity contribution in [1.29, 1.82) is 0 Å². The molecule has 1 aromatic heterocycles. The first-order chi connectivity index (χ1) is 11.2. The van der Waals surface area contributed by atoms with Crippen LogP contribution in [0.15, 0.2) is 42.5 Å². The monoisotopic (exact) mass is 312 g/mol. The lowest BCUT2D eigenvalue weighted by Gasteiger charge is -2.09. The predicted octanol–water partition coefficient (Wildman–Crippen LogP) is 2.66. The van der Waals surface area contributed by atoms with E-state index in [-0.39, 0.29) is 0 Å². The van der Waals surface area contributed by atoms with Gasteiger partial charge in [-0.05, 0) is 37.1 Å². The van der Waals surface area contributed by atoms with Crippen LogP contribution in [0.1, 0.15) is 12.5 Å². The number of pyridine rings is 1. The van der Waals surface area contributed by atoms with E-state index in [0.29, 0.717) is 24.3 Å². The Morgan fingerprint density at radius 3 is 2.83 bits per heavy atom. The number of anilines is 3. The molecule has 0 spiro atoms. The van der Waals surface area contributed by atoms with Crippen LogP contribution in [-0.2, 0) is 11.2 Å². The lowest BCUT2D eigenvalue weighted by atomic mass is 10.1. The second-order valence-corrected chi connectivity index (χ2v) is 5.43. The number of para-hydroxylation sites is 1. The average molecular weight is 312 g/mol. The van der Waals surface area contributed by atoms with Crippen molar-refractivity contribution in [3.05, 3.63) is 48.0 Å². The molecule has 1 atom stereocenters. The molecule has 1 fully saturated rings. The fourth-order valence-electron chi connectivity index (χ4n) is 2.56. The normalized spacial score (nSPS) is 16.0. The molecule has 1 amide bonds. The van der Waals surface area contributed by atoms with Gasteiger partial charge in [-0.3, -0.25) is 5.32 Å². The third-order valence-electron chi connectivity index (χ3n) is 3.78. The minimum atomic E-state index is -0.524. The quantitative estimate of drug-likeness (QED) is 0.830. The Balaban J connectivity index is 1.60. The van der Waals surface area contributed by atoms with Gasteiger partial charge in [0.15, 0.2) is 0 Å². The van der Waals surface area contributed by atoms with Gasteiger partial charge in [0, 0.05) is 12.2 Å². The van der Waals surface area contributed by atoms with Crippen molar-refractivity contribution in [2.24, 2.45) is 0 Å². The molecule has 0 saturated carbocycles. The topological polar surface area (TPSA) is 80.2 Å². The minimum absolute atomic E-state index is 0.316. The third kappa shape index (κ3) is 3.71. The highest BCUT2D eigenvalue weighted by Crippen LogP contribution is 2.30. The molecule has 1 saturated heterocycles. The second kappa shape index (κ2) is 6.56. The summed E-state index contributed by atoms with van der Waals surface area (Å²) < 4.78 is 4.82. The Kier molecular flexibility index (Phi) is 4.32. The molecule has 2 aromatic rings. The maximum atomic E-state index is 11.4. The Morgan fingerprint density at radius 2 is 2.13 bits per heavy atom. The van der Waals surface area contributed by atoms with Crippen LogP contribution >= 0.6 is 0 Å². The Bertz CT molecular complexity index is 690. The van der Waals surface area contributed by atoms with Crippen molar-refractivity contribution in [3.63, 3.8) is 0 Å². The van der Waals surface area contributed by atoms with Crippen LogP contribution in [-0.4, -0.2) is 30.3 Å². The number of rotatable bonds is 5. The van der Waals surface area contributed by atoms with Crippen LogP contribution in [0, 0.1) is 0 Å². The van der Waals surface area contributed by atoms with E-state index < -0.39 is 6.09 Å². The number of nitrogen functional groups attached to an aromatic ring is 1. The van der Waals surface area contributed by atoms with Crippen LogP contribution in [0.5, 0.6) is 0 Å². The van der Waals surface area contributed by atoms with Crippen LogP contribution in [0.3, 0.4) is 0 Å². The van der Waals surface area contributed by atoms with E-state index in [2.05, 4.69) is 27.3 Å². The minimum Gasteiger partial charge on any atom is -0.450 e. The number of hydrogen-bond donors (Lipinski definition) is 2. The number of carbonyl (C=O) groups is 1. The fraction of sp³-hybridized carbons (Fsp3) is 0.294. The van der Waals surface area contributed by atoms with Crippen molar-refractivity contribution in [3.8, 4) is 0 Å². The molecular formula is C17H20N4O2. The Hall–Kier alpha value is -2.76. The maximum Gasteiger partial charge on any atom is 0.412 e. The number of amides is 1. The van der Waals surface area contributed by atoms with E-state index in [0.717, 1.165) is 18.5 Å². The first-order valence-electron chi connectivity index (χ1n) is 7.68. The number of benzene rings is 1. The number of aromatic nitrogens is 1. The van der Waals surface area contributed by atoms with Crippen molar-refractivity contribution in [1.82, 2.24) is 4.98 Å². The van der Waals surface area contributed by atoms with E-state index in [1.165, 1.54) is 5.69 Å². The van der Waals surface area contributed by atoms with Crippen molar-refractivity contribution < 1.29 is 9.53 Å². The molecule has 1 aromatic carbocycles. The summed E-state index contributed by atoms with van der Waals surface area (Å²) in [6, 6.07) is 14.4. The largest absolute Gasteiger partial charge is 0.450 e. The molecular weight excluding hydrogens is 292 g/mol. The van der Waals surface area contributed by atoms with E-state index in [9.17, 15) is 4.79 Å². The number of ether oxygens (including phenoxy) is 1. The zero-order valence-electron chi connectivity index (χ0n) is 13.0. The molecule has 0 bridgehead atoms. The SMILES string of the molecule is CCOC(=O)Nc1ccc(CC2CN2c2ccccc2)c(N)n1. The molecule has 120 valence electrons. The van der Waals surface area contributed by atoms with Gasteiger partial charge in [0.05, 0.1) is 12.6 Å². The predicted molar refractivity (Wildman–Crippen MR) is 90.6 cm³/mol. The van der Waals surface area contributed by atoms with E-state index in [4.69, 9.17) is 10.5 Å². The molecule has 0 aliphatic carbocycles. The second-order valence-electron chi connectivity index (χ2n) is 5.43. The lowest BCUT2D eigenvalue weighted by Crippen LogP contribution is -2.15. The van der Waals surface area contributed by atoms with Crippen LogP contribution in [0.25, 0.3) is 0 Å². The van der Waals surface area contributed by atoms with Gasteiger partial charge in [-0.1, -0.05) is 24.3 Å². The highest BCUT2D eigenvalue weighted by atomic mass is 16.5. The van der Waals surface area contributed by atoms with E-state index in [1.54, 1.807) is 13.0 Å². The highest BCUT2D eigenvalue weighted by Gasteiger charge is 2.34. The fourth-order valence-corrected chi connectivity index (χ4v) is 2.56. The summed E-state index contributed by atoms with van der Waals surface area (Å²) in [5.74, 6) is 0.847. The molecule has 3 N–H and O–H groups in total. The van der Waals surface area contributed by atoms with Crippen LogP contribution < -0.4 is 16.0 Å². The summed E-state index contributed by atoms with van der Waals surface area (Å²) in [6.07, 6.45) is 0.317. The van der Waals surface area contributed by atoms with E-state index >= 15 is 0 Å². The van der Waals surface area contributed by atoms with Crippen molar-refractivity contribution in [2.45, 2.75) is 19.4 Å². The van der Waals surface area contributed by atoms with Gasteiger partial charge in [-0.2, -0.15) is 0 Å². The van der Waals surface area contributed by atoms with Gasteiger partial charge in [0.25, 0.3) is 0 Å². The number of hydrogen-bond acceptors (Lipinski definition) is 5. The Morgan fingerprint density at radius 1 is 1.35 bits per heavy atom. The third-order valence-corrected chi connectivity index (χ3v) is 3.78. The summed E-state index contributed by atoms with van der Waals surface area (Å²) in [7, 11) is 0. The molecule has 1 aliphatic heterocycles. The van der Waals surface area contributed by atoms with Gasteiger partial charge in [-0.15, -0.1) is 0 Å². The smallest absolute Gasteiger partial charge is 0.412 e.